The zero-order chi connectivity index (χ0) is 13.9. The van der Waals surface area contributed by atoms with E-state index in [4.69, 9.17) is 11.6 Å². The van der Waals surface area contributed by atoms with Gasteiger partial charge in [0, 0.05) is 26.0 Å². The standard InChI is InChI=1S/C13H19ClN2O2S/c1-16(10-11-5-3-2-4-6-11)19(17,18)13-9-15-8-7-12(13)14/h7-9,11H,2-6,10H2,1H3. The highest BCUT2D eigenvalue weighted by Crippen LogP contribution is 2.27. The van der Waals surface area contributed by atoms with Gasteiger partial charge in [0.05, 0.1) is 5.02 Å². The molecule has 1 saturated carbocycles. The third-order valence-electron chi connectivity index (χ3n) is 3.66. The number of hydrogen-bond donors (Lipinski definition) is 0. The molecule has 1 aliphatic carbocycles. The van der Waals surface area contributed by atoms with Gasteiger partial charge in [0.25, 0.3) is 0 Å². The van der Waals surface area contributed by atoms with E-state index in [2.05, 4.69) is 4.98 Å². The van der Waals surface area contributed by atoms with Crippen LogP contribution in [0.3, 0.4) is 0 Å². The van der Waals surface area contributed by atoms with Crippen LogP contribution >= 0.6 is 11.6 Å². The normalized spacial score (nSPS) is 17.8. The highest BCUT2D eigenvalue weighted by Gasteiger charge is 2.26. The van der Waals surface area contributed by atoms with Gasteiger partial charge in [0.1, 0.15) is 4.90 Å². The lowest BCUT2D eigenvalue weighted by Crippen LogP contribution is -2.33. The number of sulfonamides is 1. The highest BCUT2D eigenvalue weighted by molar-refractivity contribution is 7.89. The van der Waals surface area contributed by atoms with E-state index in [1.807, 2.05) is 0 Å². The molecule has 1 aromatic heterocycles. The lowest BCUT2D eigenvalue weighted by atomic mass is 9.89. The zero-order valence-electron chi connectivity index (χ0n) is 11.0. The first-order valence-electron chi connectivity index (χ1n) is 6.57. The van der Waals surface area contributed by atoms with Gasteiger partial charge in [-0.2, -0.15) is 0 Å². The molecule has 0 radical (unpaired) electrons. The van der Waals surface area contributed by atoms with Gasteiger partial charge in [-0.3, -0.25) is 4.98 Å². The van der Waals surface area contributed by atoms with Crippen molar-refractivity contribution in [2.75, 3.05) is 13.6 Å². The second kappa shape index (κ2) is 6.20. The fourth-order valence-electron chi connectivity index (χ4n) is 2.55. The summed E-state index contributed by atoms with van der Waals surface area (Å²) >= 11 is 5.95. The summed E-state index contributed by atoms with van der Waals surface area (Å²) in [6, 6.07) is 1.50. The lowest BCUT2D eigenvalue weighted by molar-refractivity contribution is 0.300. The minimum Gasteiger partial charge on any atom is -0.263 e. The molecule has 19 heavy (non-hydrogen) atoms. The maximum absolute atomic E-state index is 12.4. The molecule has 0 spiro atoms. The maximum Gasteiger partial charge on any atom is 0.245 e. The fraction of sp³-hybridized carbons (Fsp3) is 0.615. The summed E-state index contributed by atoms with van der Waals surface area (Å²) in [6.45, 7) is 0.563. The van der Waals surface area contributed by atoms with Crippen LogP contribution in [0.2, 0.25) is 5.02 Å². The van der Waals surface area contributed by atoms with Crippen molar-refractivity contribution < 1.29 is 8.42 Å². The van der Waals surface area contributed by atoms with E-state index in [0.717, 1.165) is 12.8 Å². The first-order valence-corrected chi connectivity index (χ1v) is 8.39. The van der Waals surface area contributed by atoms with Crippen molar-refractivity contribution in [1.29, 1.82) is 0 Å². The molecular weight excluding hydrogens is 284 g/mol. The van der Waals surface area contributed by atoms with Crippen molar-refractivity contribution in [3.05, 3.63) is 23.5 Å². The predicted octanol–water partition coefficient (Wildman–Crippen LogP) is 2.94. The van der Waals surface area contributed by atoms with Crippen molar-refractivity contribution in [2.45, 2.75) is 37.0 Å². The zero-order valence-corrected chi connectivity index (χ0v) is 12.6. The van der Waals surface area contributed by atoms with Gasteiger partial charge in [-0.05, 0) is 24.8 Å². The molecule has 106 valence electrons. The molecule has 0 N–H and O–H groups in total. The van der Waals surface area contributed by atoms with Crippen LogP contribution in [0.5, 0.6) is 0 Å². The summed E-state index contributed by atoms with van der Waals surface area (Å²) in [5.74, 6) is 0.462. The summed E-state index contributed by atoms with van der Waals surface area (Å²) in [6.07, 6.45) is 8.69. The maximum atomic E-state index is 12.4. The summed E-state index contributed by atoms with van der Waals surface area (Å²) < 4.78 is 26.3. The summed E-state index contributed by atoms with van der Waals surface area (Å²) in [7, 11) is -1.91. The van der Waals surface area contributed by atoms with Crippen LogP contribution < -0.4 is 0 Å². The second-order valence-electron chi connectivity index (χ2n) is 5.10. The predicted molar refractivity (Wildman–Crippen MR) is 75.6 cm³/mol. The van der Waals surface area contributed by atoms with Gasteiger partial charge in [-0.15, -0.1) is 0 Å². The molecule has 2 rings (SSSR count). The molecule has 1 heterocycles. The van der Waals surface area contributed by atoms with Gasteiger partial charge in [0.15, 0.2) is 0 Å². The number of pyridine rings is 1. The molecule has 1 aromatic rings. The smallest absolute Gasteiger partial charge is 0.245 e. The Hall–Kier alpha value is -0.650. The Balaban J connectivity index is 2.13. The first kappa shape index (κ1) is 14.8. The summed E-state index contributed by atoms with van der Waals surface area (Å²) in [4.78, 5) is 3.94. The van der Waals surface area contributed by atoms with Crippen LogP contribution in [0.25, 0.3) is 0 Å². The third-order valence-corrected chi connectivity index (χ3v) is 5.95. The monoisotopic (exact) mass is 302 g/mol. The third kappa shape index (κ3) is 3.46. The molecule has 0 unspecified atom stereocenters. The van der Waals surface area contributed by atoms with E-state index in [1.165, 1.54) is 42.0 Å². The molecule has 0 amide bonds. The Kier molecular flexibility index (Phi) is 4.81. The van der Waals surface area contributed by atoms with Crippen molar-refractivity contribution in [1.82, 2.24) is 9.29 Å². The van der Waals surface area contributed by atoms with Crippen LogP contribution in [0.15, 0.2) is 23.4 Å². The molecule has 0 aliphatic heterocycles. The lowest BCUT2D eigenvalue weighted by Gasteiger charge is -2.26. The minimum atomic E-state index is -3.53. The number of rotatable bonds is 4. The summed E-state index contributed by atoms with van der Waals surface area (Å²) in [5, 5.41) is 0.227. The highest BCUT2D eigenvalue weighted by atomic mass is 35.5. The minimum absolute atomic E-state index is 0.0926. The molecule has 0 atom stereocenters. The quantitative estimate of drug-likeness (QED) is 0.859. The Morgan fingerprint density at radius 1 is 1.37 bits per heavy atom. The van der Waals surface area contributed by atoms with Crippen LogP contribution in [0.4, 0.5) is 0 Å². The largest absolute Gasteiger partial charge is 0.263 e. The van der Waals surface area contributed by atoms with Crippen molar-refractivity contribution in [2.24, 2.45) is 5.92 Å². The van der Waals surface area contributed by atoms with Crippen molar-refractivity contribution in [3.63, 3.8) is 0 Å². The van der Waals surface area contributed by atoms with Gasteiger partial charge >= 0.3 is 0 Å². The Morgan fingerprint density at radius 3 is 2.68 bits per heavy atom. The van der Waals surface area contributed by atoms with Crippen LogP contribution in [0, 0.1) is 5.92 Å². The average molecular weight is 303 g/mol. The Labute approximate surface area is 119 Å². The first-order chi connectivity index (χ1) is 9.01. The Morgan fingerprint density at radius 2 is 2.05 bits per heavy atom. The van der Waals surface area contributed by atoms with Gasteiger partial charge in [-0.1, -0.05) is 30.9 Å². The van der Waals surface area contributed by atoms with Crippen LogP contribution in [-0.2, 0) is 10.0 Å². The van der Waals surface area contributed by atoms with E-state index in [0.29, 0.717) is 12.5 Å². The van der Waals surface area contributed by atoms with Crippen molar-refractivity contribution >= 4 is 21.6 Å². The Bertz CT molecular complexity index is 527. The van der Waals surface area contributed by atoms with E-state index < -0.39 is 10.0 Å². The molecule has 0 aromatic carbocycles. The molecule has 4 nitrogen and oxygen atoms in total. The molecule has 0 bridgehead atoms. The number of hydrogen-bond acceptors (Lipinski definition) is 3. The fourth-order valence-corrected chi connectivity index (χ4v) is 4.20. The van der Waals surface area contributed by atoms with Crippen LogP contribution in [-0.4, -0.2) is 31.3 Å². The SMILES string of the molecule is CN(CC1CCCCC1)S(=O)(=O)c1cnccc1Cl. The van der Waals surface area contributed by atoms with Gasteiger partial charge in [-0.25, -0.2) is 12.7 Å². The van der Waals surface area contributed by atoms with Crippen molar-refractivity contribution in [3.8, 4) is 0 Å². The topological polar surface area (TPSA) is 50.3 Å². The average Bonchev–Trinajstić information content (AvgIpc) is 2.40. The number of aromatic nitrogens is 1. The second-order valence-corrected chi connectivity index (χ2v) is 7.52. The van der Waals surface area contributed by atoms with E-state index >= 15 is 0 Å². The molecule has 1 aliphatic rings. The van der Waals surface area contributed by atoms with E-state index in [1.54, 1.807) is 7.05 Å². The van der Waals surface area contributed by atoms with Gasteiger partial charge < -0.3 is 0 Å². The molecular formula is C13H19ClN2O2S. The summed E-state index contributed by atoms with van der Waals surface area (Å²) in [5.41, 5.74) is 0. The molecule has 0 saturated heterocycles. The number of halogens is 1. The number of nitrogens with zero attached hydrogens (tertiary/aromatic N) is 2. The van der Waals surface area contributed by atoms with E-state index in [-0.39, 0.29) is 9.92 Å². The molecule has 1 fully saturated rings. The molecule has 6 heteroatoms. The van der Waals surface area contributed by atoms with E-state index in [9.17, 15) is 8.42 Å². The van der Waals surface area contributed by atoms with Gasteiger partial charge in [0.2, 0.25) is 10.0 Å². The van der Waals surface area contributed by atoms with Crippen LogP contribution in [0.1, 0.15) is 32.1 Å².